The number of benzene rings is 4. The fraction of sp³-hybridized carbons (Fsp3) is 0.167. The van der Waals surface area contributed by atoms with Crippen LogP contribution in [0.3, 0.4) is 0 Å². The minimum atomic E-state index is -0.556. The fourth-order valence-electron chi connectivity index (χ4n) is 3.63. The van der Waals surface area contributed by atoms with E-state index in [1.807, 2.05) is 13.0 Å². The molecule has 36 heavy (non-hydrogen) atoms. The van der Waals surface area contributed by atoms with E-state index in [0.717, 1.165) is 19.3 Å². The van der Waals surface area contributed by atoms with Crippen molar-refractivity contribution in [2.24, 2.45) is 0 Å². The number of carbonyl (C=O) groups excluding carboxylic acids is 1. The minimum absolute atomic E-state index is 0.271. The Kier molecular flexibility index (Phi) is 15.2. The molecule has 1 aliphatic carbocycles. The van der Waals surface area contributed by atoms with Gasteiger partial charge >= 0.3 is 35.6 Å². The Morgan fingerprint density at radius 1 is 0.861 bits per heavy atom. The molecule has 1 aliphatic rings. The molecule has 2 nitrogen and oxygen atoms in total. The number of nitrogens with one attached hydrogen (secondary N) is 1. The van der Waals surface area contributed by atoms with Gasteiger partial charge in [0.25, 0.3) is 0 Å². The van der Waals surface area contributed by atoms with Crippen LogP contribution in [0.5, 0.6) is 0 Å². The second-order valence-electron chi connectivity index (χ2n) is 7.96. The number of unbranched alkanes of at least 4 members (excludes halogenated alkanes) is 1. The second-order valence-corrected chi connectivity index (χ2v) is 12.2. The number of halogens is 2. The van der Waals surface area contributed by atoms with Crippen molar-refractivity contribution in [3.8, 4) is 11.1 Å². The van der Waals surface area contributed by atoms with Crippen molar-refractivity contribution >= 4 is 44.4 Å². The molecule has 1 amide bonds. The quantitative estimate of drug-likeness (QED) is 0.163. The van der Waals surface area contributed by atoms with Gasteiger partial charge in [-0.15, -0.1) is 5.56 Å². The SMILES string of the molecule is CCCCC([NH-])=O.[Cl][Ti][Cl].[c-]1cccc2c1Cc1ccccc1-2.c1ccc([SiH]c2ccccc2)cc1. The van der Waals surface area contributed by atoms with Crippen LogP contribution in [0.4, 0.5) is 0 Å². The molecule has 0 aliphatic heterocycles. The molecule has 0 aromatic heterocycles. The number of amides is 1. The minimum Gasteiger partial charge on any atom is -0.179 e. The molecule has 185 valence electrons. The number of hydrogen-bond donors (Lipinski definition) is 0. The summed E-state index contributed by atoms with van der Waals surface area (Å²) in [5.41, 5.74) is 12.0. The fourth-order valence-corrected chi connectivity index (χ4v) is 4.84. The molecule has 4 aromatic rings. The van der Waals surface area contributed by atoms with E-state index < -0.39 is 22.9 Å². The van der Waals surface area contributed by atoms with Crippen molar-refractivity contribution < 1.29 is 21.8 Å². The van der Waals surface area contributed by atoms with Gasteiger partial charge in [-0.05, 0) is 19.3 Å². The summed E-state index contributed by atoms with van der Waals surface area (Å²) in [6.07, 6.45) is 3.34. The first-order valence-electron chi connectivity index (χ1n) is 11.8. The predicted molar refractivity (Wildman–Crippen MR) is 153 cm³/mol. The molecule has 4 aromatic carbocycles. The summed E-state index contributed by atoms with van der Waals surface area (Å²) in [4.78, 5) is 9.87. The molecule has 6 heteroatoms. The zero-order valence-corrected chi connectivity index (χ0v) is 24.6. The summed E-state index contributed by atoms with van der Waals surface area (Å²) in [6, 6.07) is 39.4. The van der Waals surface area contributed by atoms with Crippen LogP contribution in [0.15, 0.2) is 103 Å². The van der Waals surface area contributed by atoms with E-state index in [2.05, 4.69) is 103 Å². The molecule has 0 spiro atoms. The van der Waals surface area contributed by atoms with Crippen molar-refractivity contribution in [2.45, 2.75) is 32.6 Å². The van der Waals surface area contributed by atoms with Crippen molar-refractivity contribution in [2.75, 3.05) is 0 Å². The monoisotopic (exact) mass is 566 g/mol. The summed E-state index contributed by atoms with van der Waals surface area (Å²) in [6.45, 7) is 2.00. The van der Waals surface area contributed by atoms with E-state index in [0.29, 0.717) is 6.42 Å². The Morgan fingerprint density at radius 3 is 1.92 bits per heavy atom. The van der Waals surface area contributed by atoms with Crippen LogP contribution < -0.4 is 10.4 Å². The molecule has 1 N–H and O–H groups in total. The Balaban J connectivity index is 0.000000188. The first kappa shape index (κ1) is 30.1. The van der Waals surface area contributed by atoms with Gasteiger partial charge in [0, 0.05) is 5.91 Å². The van der Waals surface area contributed by atoms with Gasteiger partial charge in [0.1, 0.15) is 9.52 Å². The topological polar surface area (TPSA) is 40.9 Å². The van der Waals surface area contributed by atoms with E-state index in [-0.39, 0.29) is 9.52 Å². The molecular weight excluding hydrogens is 537 g/mol. The van der Waals surface area contributed by atoms with Crippen molar-refractivity contribution in [3.05, 3.63) is 126 Å². The maximum atomic E-state index is 9.87. The maximum absolute atomic E-state index is 9.87. The van der Waals surface area contributed by atoms with Gasteiger partial charge < -0.3 is 10.5 Å². The molecule has 0 unspecified atom stereocenters. The maximum Gasteiger partial charge on any atom is 0.103 e. The predicted octanol–water partition coefficient (Wildman–Crippen LogP) is 7.26. The number of hydrogen-bond acceptors (Lipinski definition) is 1. The molecule has 0 bridgehead atoms. The molecule has 1 radical (unpaired) electrons. The van der Waals surface area contributed by atoms with Crippen LogP contribution in [0.1, 0.15) is 37.3 Å². The third kappa shape index (κ3) is 11.3. The smallest absolute Gasteiger partial charge is 0.103 e. The van der Waals surface area contributed by atoms with Gasteiger partial charge in [-0.1, -0.05) is 120 Å². The standard InChI is InChI=1S/C13H9.C12H11Si.C5H11NO.2ClH.Ti/c1-3-7-12-10(5-1)9-11-6-2-4-8-13(11)12;1-3-7-11(8-4-1)13-12-9-5-2-6-10-12;1-2-3-4-5(6)7;;;/h1-5,7-8H,9H2;1-10,13H;2-4H2,1H3,(H2,6,7);2*1H;/q-1;;;;;+2/p-3. The molecule has 0 saturated heterocycles. The van der Waals surface area contributed by atoms with Crippen LogP contribution in [-0.4, -0.2) is 15.4 Å². The summed E-state index contributed by atoms with van der Waals surface area (Å²) in [5.74, 6) is -0.443. The third-order valence-corrected chi connectivity index (χ3v) is 6.74. The molecule has 0 heterocycles. The van der Waals surface area contributed by atoms with Crippen LogP contribution >= 0.6 is 18.6 Å². The molecule has 5 rings (SSSR count). The van der Waals surface area contributed by atoms with Crippen LogP contribution in [0, 0.1) is 6.07 Å². The van der Waals surface area contributed by atoms with Crippen molar-refractivity contribution in [1.82, 2.24) is 0 Å². The number of rotatable bonds is 5. The zero-order chi connectivity index (χ0) is 26.0. The van der Waals surface area contributed by atoms with Gasteiger partial charge in [0.05, 0.1) is 0 Å². The van der Waals surface area contributed by atoms with Crippen molar-refractivity contribution in [1.29, 1.82) is 0 Å². The molecular formula is C30H30Cl2NOSiTi-2. The van der Waals surface area contributed by atoms with E-state index in [1.165, 1.54) is 32.6 Å². The van der Waals surface area contributed by atoms with Crippen LogP contribution in [0.2, 0.25) is 0 Å². The molecule has 0 fully saturated rings. The van der Waals surface area contributed by atoms with Gasteiger partial charge in [-0.3, -0.25) is 0 Å². The average Bonchev–Trinajstić information content (AvgIpc) is 3.29. The van der Waals surface area contributed by atoms with Gasteiger partial charge in [0.15, 0.2) is 0 Å². The summed E-state index contributed by atoms with van der Waals surface area (Å²) in [7, 11) is 10.0. The Morgan fingerprint density at radius 2 is 1.39 bits per heavy atom. The molecule has 0 atom stereocenters. The average molecular weight is 567 g/mol. The zero-order valence-electron chi connectivity index (χ0n) is 20.4. The Hall–Kier alpha value is -2.14. The van der Waals surface area contributed by atoms with Crippen LogP contribution in [-0.2, 0) is 28.2 Å². The summed E-state index contributed by atoms with van der Waals surface area (Å²) < 4.78 is 0. The largest absolute Gasteiger partial charge is 0.179 e. The van der Waals surface area contributed by atoms with Gasteiger partial charge in [-0.25, -0.2) is 0 Å². The van der Waals surface area contributed by atoms with E-state index in [4.69, 9.17) is 24.3 Å². The van der Waals surface area contributed by atoms with Crippen molar-refractivity contribution in [3.63, 3.8) is 0 Å². The second kappa shape index (κ2) is 18.2. The van der Waals surface area contributed by atoms with Gasteiger partial charge in [0.2, 0.25) is 0 Å². The summed E-state index contributed by atoms with van der Waals surface area (Å²) >= 11 is -0.556. The summed E-state index contributed by atoms with van der Waals surface area (Å²) in [5, 5.41) is 2.90. The van der Waals surface area contributed by atoms with E-state index >= 15 is 0 Å². The number of fused-ring (bicyclic) bond motifs is 3. The first-order chi connectivity index (χ1) is 17.6. The van der Waals surface area contributed by atoms with E-state index in [9.17, 15) is 4.79 Å². The third-order valence-electron chi connectivity index (χ3n) is 5.31. The van der Waals surface area contributed by atoms with E-state index in [1.54, 1.807) is 0 Å². The van der Waals surface area contributed by atoms with Crippen LogP contribution in [0.25, 0.3) is 16.9 Å². The Labute approximate surface area is 234 Å². The van der Waals surface area contributed by atoms with Gasteiger partial charge in [-0.2, -0.15) is 29.8 Å². The first-order valence-corrected chi connectivity index (χ1v) is 17.3. The normalized spacial score (nSPS) is 10.1. The Bertz CT molecular complexity index is 1080. The number of carbonyl (C=O) groups is 1. The molecule has 0 saturated carbocycles.